The molecule has 84 valence electrons. The number of nitrogens with two attached hydrogens (primary N) is 1. The van der Waals surface area contributed by atoms with E-state index in [1.165, 1.54) is 25.7 Å². The Hall–Kier alpha value is -0.0800. The first-order chi connectivity index (χ1) is 6.68. The summed E-state index contributed by atoms with van der Waals surface area (Å²) >= 11 is 0. The van der Waals surface area contributed by atoms with Crippen molar-refractivity contribution in [2.24, 2.45) is 17.6 Å². The number of hydrogen-bond donors (Lipinski definition) is 2. The molecule has 0 heterocycles. The van der Waals surface area contributed by atoms with Gasteiger partial charge in [-0.2, -0.15) is 0 Å². The molecule has 1 unspecified atom stereocenters. The van der Waals surface area contributed by atoms with Gasteiger partial charge in [-0.1, -0.05) is 26.7 Å². The summed E-state index contributed by atoms with van der Waals surface area (Å²) in [6, 6.07) is 0.343. The maximum atomic E-state index is 5.97. The van der Waals surface area contributed by atoms with E-state index >= 15 is 0 Å². The summed E-state index contributed by atoms with van der Waals surface area (Å²) in [4.78, 5) is 0. The van der Waals surface area contributed by atoms with Gasteiger partial charge in [-0.15, -0.1) is 0 Å². The molecule has 1 aliphatic rings. The molecule has 1 saturated carbocycles. The highest BCUT2D eigenvalue weighted by atomic mass is 14.9. The quantitative estimate of drug-likeness (QED) is 0.586. The zero-order valence-corrected chi connectivity index (χ0v) is 9.76. The third-order valence-corrected chi connectivity index (χ3v) is 2.84. The lowest BCUT2D eigenvalue weighted by Crippen LogP contribution is -2.35. The van der Waals surface area contributed by atoms with Gasteiger partial charge in [-0.05, 0) is 37.6 Å². The van der Waals surface area contributed by atoms with Crippen LogP contribution in [-0.4, -0.2) is 19.1 Å². The number of rotatable bonds is 8. The van der Waals surface area contributed by atoms with Gasteiger partial charge in [0.25, 0.3) is 0 Å². The SMILES string of the molecule is CC(C)CC(N)CNCCCC1CC1. The highest BCUT2D eigenvalue weighted by molar-refractivity contribution is 4.73. The monoisotopic (exact) mass is 198 g/mol. The minimum Gasteiger partial charge on any atom is -0.327 e. The summed E-state index contributed by atoms with van der Waals surface area (Å²) in [5.74, 6) is 1.79. The molecule has 1 atom stereocenters. The van der Waals surface area contributed by atoms with Crippen molar-refractivity contribution in [2.75, 3.05) is 13.1 Å². The lowest BCUT2D eigenvalue weighted by atomic mass is 10.0. The molecule has 0 radical (unpaired) electrons. The summed E-state index contributed by atoms with van der Waals surface area (Å²) in [6.07, 6.45) is 6.85. The molecular formula is C12H26N2. The van der Waals surface area contributed by atoms with Crippen molar-refractivity contribution in [3.63, 3.8) is 0 Å². The second-order valence-corrected chi connectivity index (χ2v) is 5.18. The molecule has 14 heavy (non-hydrogen) atoms. The normalized spacial score (nSPS) is 18.9. The topological polar surface area (TPSA) is 38.0 Å². The van der Waals surface area contributed by atoms with Crippen LogP contribution in [0.3, 0.4) is 0 Å². The van der Waals surface area contributed by atoms with Crippen LogP contribution in [0.2, 0.25) is 0 Å². The first-order valence-corrected chi connectivity index (χ1v) is 6.14. The molecule has 0 amide bonds. The van der Waals surface area contributed by atoms with E-state index < -0.39 is 0 Å². The predicted molar refractivity (Wildman–Crippen MR) is 62.3 cm³/mol. The highest BCUT2D eigenvalue weighted by Gasteiger charge is 2.19. The van der Waals surface area contributed by atoms with E-state index in [0.717, 1.165) is 31.3 Å². The molecular weight excluding hydrogens is 172 g/mol. The minimum atomic E-state index is 0.343. The van der Waals surface area contributed by atoms with Crippen LogP contribution in [0.15, 0.2) is 0 Å². The van der Waals surface area contributed by atoms with Gasteiger partial charge in [0.05, 0.1) is 0 Å². The zero-order chi connectivity index (χ0) is 10.4. The smallest absolute Gasteiger partial charge is 0.0167 e. The molecule has 0 aromatic heterocycles. The standard InChI is InChI=1S/C12H26N2/c1-10(2)8-12(13)9-14-7-3-4-11-5-6-11/h10-12,14H,3-9,13H2,1-2H3. The zero-order valence-electron chi connectivity index (χ0n) is 9.76. The van der Waals surface area contributed by atoms with E-state index in [0.29, 0.717) is 6.04 Å². The lowest BCUT2D eigenvalue weighted by molar-refractivity contribution is 0.462. The molecule has 0 bridgehead atoms. The Morgan fingerprint density at radius 3 is 2.64 bits per heavy atom. The van der Waals surface area contributed by atoms with Crippen LogP contribution in [0.25, 0.3) is 0 Å². The van der Waals surface area contributed by atoms with E-state index in [9.17, 15) is 0 Å². The largest absolute Gasteiger partial charge is 0.327 e. The summed E-state index contributed by atoms with van der Waals surface area (Å²) in [6.45, 7) is 6.60. The van der Waals surface area contributed by atoms with Gasteiger partial charge < -0.3 is 11.1 Å². The first kappa shape index (κ1) is 12.0. The van der Waals surface area contributed by atoms with Crippen LogP contribution >= 0.6 is 0 Å². The third-order valence-electron chi connectivity index (χ3n) is 2.84. The number of nitrogens with one attached hydrogen (secondary N) is 1. The Balaban J connectivity index is 1.81. The van der Waals surface area contributed by atoms with Crippen LogP contribution in [0.4, 0.5) is 0 Å². The molecule has 0 spiro atoms. The Labute approximate surface area is 88.6 Å². The Morgan fingerprint density at radius 2 is 2.07 bits per heavy atom. The number of hydrogen-bond acceptors (Lipinski definition) is 2. The highest BCUT2D eigenvalue weighted by Crippen LogP contribution is 2.33. The fourth-order valence-electron chi connectivity index (χ4n) is 1.90. The van der Waals surface area contributed by atoms with Crippen LogP contribution < -0.4 is 11.1 Å². The van der Waals surface area contributed by atoms with Gasteiger partial charge >= 0.3 is 0 Å². The van der Waals surface area contributed by atoms with Gasteiger partial charge in [-0.25, -0.2) is 0 Å². The van der Waals surface area contributed by atoms with Gasteiger partial charge in [0, 0.05) is 12.6 Å². The maximum absolute atomic E-state index is 5.97. The second-order valence-electron chi connectivity index (χ2n) is 5.18. The second kappa shape index (κ2) is 6.41. The maximum Gasteiger partial charge on any atom is 0.0167 e. The van der Waals surface area contributed by atoms with Crippen molar-refractivity contribution in [3.8, 4) is 0 Å². The Morgan fingerprint density at radius 1 is 1.36 bits per heavy atom. The van der Waals surface area contributed by atoms with Gasteiger partial charge in [0.15, 0.2) is 0 Å². The first-order valence-electron chi connectivity index (χ1n) is 6.14. The van der Waals surface area contributed by atoms with Crippen LogP contribution in [0, 0.1) is 11.8 Å². The molecule has 0 aromatic rings. The minimum absolute atomic E-state index is 0.343. The van der Waals surface area contributed by atoms with Gasteiger partial charge in [-0.3, -0.25) is 0 Å². The molecule has 2 nitrogen and oxygen atoms in total. The Kier molecular flexibility index (Phi) is 5.49. The van der Waals surface area contributed by atoms with E-state index in [1.807, 2.05) is 0 Å². The molecule has 0 aliphatic heterocycles. The van der Waals surface area contributed by atoms with E-state index in [1.54, 1.807) is 0 Å². The molecule has 3 N–H and O–H groups in total. The van der Waals surface area contributed by atoms with Crippen LogP contribution in [-0.2, 0) is 0 Å². The van der Waals surface area contributed by atoms with Crippen LogP contribution in [0.5, 0.6) is 0 Å². The molecule has 2 heteroatoms. The third kappa shape index (κ3) is 6.39. The van der Waals surface area contributed by atoms with Crippen LogP contribution in [0.1, 0.15) is 46.0 Å². The van der Waals surface area contributed by atoms with E-state index in [2.05, 4.69) is 19.2 Å². The summed E-state index contributed by atoms with van der Waals surface area (Å²) < 4.78 is 0. The molecule has 1 rings (SSSR count). The average molecular weight is 198 g/mol. The van der Waals surface area contributed by atoms with Crippen molar-refractivity contribution in [2.45, 2.75) is 52.0 Å². The van der Waals surface area contributed by atoms with Crippen molar-refractivity contribution in [3.05, 3.63) is 0 Å². The van der Waals surface area contributed by atoms with Crippen molar-refractivity contribution >= 4 is 0 Å². The predicted octanol–water partition coefficient (Wildman–Crippen LogP) is 2.14. The van der Waals surface area contributed by atoms with Gasteiger partial charge in [0.1, 0.15) is 0 Å². The van der Waals surface area contributed by atoms with Crippen molar-refractivity contribution in [1.82, 2.24) is 5.32 Å². The molecule has 1 aliphatic carbocycles. The summed E-state index contributed by atoms with van der Waals surface area (Å²) in [5, 5.41) is 3.45. The fourth-order valence-corrected chi connectivity index (χ4v) is 1.90. The summed E-state index contributed by atoms with van der Waals surface area (Å²) in [7, 11) is 0. The molecule has 0 saturated heterocycles. The summed E-state index contributed by atoms with van der Waals surface area (Å²) in [5.41, 5.74) is 5.97. The van der Waals surface area contributed by atoms with Crippen molar-refractivity contribution in [1.29, 1.82) is 0 Å². The van der Waals surface area contributed by atoms with E-state index in [-0.39, 0.29) is 0 Å². The molecule has 1 fully saturated rings. The Bertz CT molecular complexity index is 141. The fraction of sp³-hybridized carbons (Fsp3) is 1.00. The van der Waals surface area contributed by atoms with Gasteiger partial charge in [0.2, 0.25) is 0 Å². The average Bonchev–Trinajstić information content (AvgIpc) is 2.86. The lowest BCUT2D eigenvalue weighted by Gasteiger charge is -2.14. The van der Waals surface area contributed by atoms with E-state index in [4.69, 9.17) is 5.73 Å². The molecule has 0 aromatic carbocycles. The van der Waals surface area contributed by atoms with Crippen molar-refractivity contribution < 1.29 is 0 Å².